The fraction of sp³-hybridized carbons (Fsp3) is 0.536. The van der Waals surface area contributed by atoms with Crippen LogP contribution in [0.4, 0.5) is 8.78 Å². The van der Waals surface area contributed by atoms with Gasteiger partial charge in [0.05, 0.1) is 11.2 Å². The zero-order valence-corrected chi connectivity index (χ0v) is 21.8. The van der Waals surface area contributed by atoms with Gasteiger partial charge in [-0.2, -0.15) is 0 Å². The topological polar surface area (TPSA) is 67.3 Å². The molecule has 2 fully saturated rings. The molecule has 1 amide bonds. The molecule has 9 heteroatoms. The van der Waals surface area contributed by atoms with E-state index in [1.54, 1.807) is 6.20 Å². The Balaban J connectivity index is 0.991. The molecule has 6 rings (SSSR count). The number of amides is 1. The van der Waals surface area contributed by atoms with Crippen LogP contribution in [0.15, 0.2) is 36.5 Å². The predicted molar refractivity (Wildman–Crippen MR) is 139 cm³/mol. The second-order valence-electron chi connectivity index (χ2n) is 11.1. The quantitative estimate of drug-likeness (QED) is 0.443. The van der Waals surface area contributed by atoms with Crippen molar-refractivity contribution < 1.29 is 18.3 Å². The van der Waals surface area contributed by atoms with Gasteiger partial charge < -0.3 is 10.1 Å². The number of hydrogen-bond acceptors (Lipinski definition) is 6. The number of halogens is 2. The number of nitrogens with zero attached hydrogens (tertiary/aromatic N) is 3. The normalized spacial score (nSPS) is 25.7. The van der Waals surface area contributed by atoms with Crippen molar-refractivity contribution in [1.82, 2.24) is 20.2 Å². The molecule has 0 radical (unpaired) electrons. The van der Waals surface area contributed by atoms with Gasteiger partial charge in [-0.25, -0.2) is 13.8 Å². The molecule has 2 aromatic heterocycles. The molecular weight excluding hydrogens is 494 g/mol. The highest BCUT2D eigenvalue weighted by Crippen LogP contribution is 2.61. The Kier molecular flexibility index (Phi) is 6.39. The smallest absolute Gasteiger partial charge is 0.278 e. The Morgan fingerprint density at radius 2 is 2.11 bits per heavy atom. The van der Waals surface area contributed by atoms with Crippen molar-refractivity contribution >= 4 is 28.1 Å². The molecule has 1 atom stereocenters. The fourth-order valence-corrected chi connectivity index (χ4v) is 7.06. The number of thiazole rings is 1. The number of alkyl halides is 2. The van der Waals surface area contributed by atoms with Crippen molar-refractivity contribution in [3.63, 3.8) is 0 Å². The lowest BCUT2D eigenvalue weighted by atomic mass is 9.81. The number of pyridine rings is 1. The van der Waals surface area contributed by atoms with Gasteiger partial charge in [-0.3, -0.25) is 14.7 Å². The monoisotopic (exact) mass is 526 g/mol. The number of carbonyl (C=O) groups excluding carboxylic acids is 1. The second kappa shape index (κ2) is 9.58. The highest BCUT2D eigenvalue weighted by atomic mass is 32.1. The van der Waals surface area contributed by atoms with Crippen LogP contribution < -0.4 is 10.1 Å². The molecule has 6 nitrogen and oxygen atoms in total. The third-order valence-electron chi connectivity index (χ3n) is 8.28. The van der Waals surface area contributed by atoms with Crippen LogP contribution in [-0.4, -0.2) is 52.4 Å². The van der Waals surface area contributed by atoms with Crippen LogP contribution in [0.25, 0.3) is 10.9 Å². The largest absolute Gasteiger partial charge is 0.464 e. The first-order valence-electron chi connectivity index (χ1n) is 13.1. The lowest BCUT2D eigenvalue weighted by Crippen LogP contribution is -2.39. The molecule has 3 aromatic rings. The van der Waals surface area contributed by atoms with Gasteiger partial charge in [0.1, 0.15) is 0 Å². The summed E-state index contributed by atoms with van der Waals surface area (Å²) in [7, 11) is 0. The maximum absolute atomic E-state index is 13.1. The lowest BCUT2D eigenvalue weighted by Gasteiger charge is -2.32. The SMILES string of the molecule is CC(F)(F)COc1nc2c(s1)CCN(CC1C[C@]13CC[C@@H](NC(=O)c1cccc4ncccc14)CC3)C2. The predicted octanol–water partition coefficient (Wildman–Crippen LogP) is 5.46. The molecule has 0 saturated heterocycles. The number of fused-ring (bicyclic) bond motifs is 2. The van der Waals surface area contributed by atoms with E-state index in [0.717, 1.165) is 80.1 Å². The molecule has 2 saturated carbocycles. The molecule has 3 heterocycles. The molecule has 1 unspecified atom stereocenters. The molecule has 0 bridgehead atoms. The lowest BCUT2D eigenvalue weighted by molar-refractivity contribution is -0.0230. The Labute approximate surface area is 219 Å². The molecule has 196 valence electrons. The number of ether oxygens (including phenoxy) is 1. The first-order chi connectivity index (χ1) is 17.8. The summed E-state index contributed by atoms with van der Waals surface area (Å²) >= 11 is 1.41. The molecule has 3 aliphatic rings. The summed E-state index contributed by atoms with van der Waals surface area (Å²) in [5.74, 6) is -2.18. The van der Waals surface area contributed by atoms with Crippen LogP contribution in [0.5, 0.6) is 5.19 Å². The van der Waals surface area contributed by atoms with E-state index in [4.69, 9.17) is 4.74 Å². The van der Waals surface area contributed by atoms with Crippen LogP contribution >= 0.6 is 11.3 Å². The van der Waals surface area contributed by atoms with Crippen molar-refractivity contribution in [3.8, 4) is 5.19 Å². The summed E-state index contributed by atoms with van der Waals surface area (Å²) in [6, 6.07) is 9.74. The number of carbonyl (C=O) groups is 1. The van der Waals surface area contributed by atoms with Gasteiger partial charge in [0.2, 0.25) is 0 Å². The van der Waals surface area contributed by atoms with Gasteiger partial charge in [0, 0.05) is 54.6 Å². The van der Waals surface area contributed by atoms with E-state index in [9.17, 15) is 13.6 Å². The van der Waals surface area contributed by atoms with Gasteiger partial charge in [0.15, 0.2) is 6.61 Å². The van der Waals surface area contributed by atoms with Crippen molar-refractivity contribution in [1.29, 1.82) is 0 Å². The maximum atomic E-state index is 13.1. The minimum absolute atomic E-state index is 0.00899. The molecule has 1 N–H and O–H groups in total. The standard InChI is InChI=1S/C28H32F2N4O2S/c1-27(29,30)17-36-26-33-23-16-34(13-9-24(23)37-26)15-18-14-28(18)10-7-19(8-11-28)32-25(35)21-4-2-6-22-20(21)5-3-12-31-22/h2-6,12,18-19H,7-11,13-17H2,1H3,(H,32,35)/t18?,19-,28-. The van der Waals surface area contributed by atoms with Gasteiger partial charge in [-0.15, -0.1) is 0 Å². The summed E-state index contributed by atoms with van der Waals surface area (Å²) in [6.45, 7) is 3.03. The first kappa shape index (κ1) is 24.7. The van der Waals surface area contributed by atoms with E-state index >= 15 is 0 Å². The Morgan fingerprint density at radius 1 is 1.27 bits per heavy atom. The molecule has 37 heavy (non-hydrogen) atoms. The summed E-state index contributed by atoms with van der Waals surface area (Å²) in [5.41, 5.74) is 2.93. The number of benzene rings is 1. The summed E-state index contributed by atoms with van der Waals surface area (Å²) in [4.78, 5) is 25.5. The number of aromatic nitrogens is 2. The van der Waals surface area contributed by atoms with Gasteiger partial charge in [0.25, 0.3) is 17.0 Å². The molecule has 1 aliphatic heterocycles. The van der Waals surface area contributed by atoms with Crippen LogP contribution in [0, 0.1) is 11.3 Å². The number of nitrogens with one attached hydrogen (secondary N) is 1. The van der Waals surface area contributed by atoms with Crippen LogP contribution in [-0.2, 0) is 13.0 Å². The summed E-state index contributed by atoms with van der Waals surface area (Å²) in [6.07, 6.45) is 8.24. The van der Waals surface area contributed by atoms with E-state index < -0.39 is 12.5 Å². The highest BCUT2D eigenvalue weighted by molar-refractivity contribution is 7.13. The van der Waals surface area contributed by atoms with E-state index in [0.29, 0.717) is 22.1 Å². The third kappa shape index (κ3) is 5.34. The number of hydrogen-bond donors (Lipinski definition) is 1. The Bertz CT molecular complexity index is 1290. The summed E-state index contributed by atoms with van der Waals surface area (Å²) in [5, 5.41) is 4.53. The van der Waals surface area contributed by atoms with E-state index in [1.165, 1.54) is 17.8 Å². The second-order valence-corrected chi connectivity index (χ2v) is 12.1. The first-order valence-corrected chi connectivity index (χ1v) is 14.0. The minimum Gasteiger partial charge on any atom is -0.464 e. The molecule has 2 aliphatic carbocycles. The zero-order chi connectivity index (χ0) is 25.6. The van der Waals surface area contributed by atoms with Gasteiger partial charge in [-0.1, -0.05) is 23.5 Å². The van der Waals surface area contributed by atoms with Crippen molar-refractivity contribution in [3.05, 3.63) is 52.7 Å². The number of rotatable bonds is 7. The Hall–Kier alpha value is -2.65. The molecule has 1 aromatic carbocycles. The Morgan fingerprint density at radius 3 is 2.92 bits per heavy atom. The minimum atomic E-state index is -2.85. The van der Waals surface area contributed by atoms with Crippen molar-refractivity contribution in [2.24, 2.45) is 11.3 Å². The van der Waals surface area contributed by atoms with Crippen molar-refractivity contribution in [2.45, 2.75) is 64.0 Å². The van der Waals surface area contributed by atoms with Gasteiger partial charge >= 0.3 is 0 Å². The molecule has 1 spiro atoms. The van der Waals surface area contributed by atoms with E-state index in [2.05, 4.69) is 20.2 Å². The summed E-state index contributed by atoms with van der Waals surface area (Å²) < 4.78 is 31.5. The van der Waals surface area contributed by atoms with Crippen LogP contribution in [0.2, 0.25) is 0 Å². The van der Waals surface area contributed by atoms with Gasteiger partial charge in [-0.05, 0) is 68.1 Å². The third-order valence-corrected chi connectivity index (χ3v) is 9.35. The molecular formula is C28H32F2N4O2S. The van der Waals surface area contributed by atoms with E-state index in [-0.39, 0.29) is 11.9 Å². The average molecular weight is 527 g/mol. The van der Waals surface area contributed by atoms with Crippen molar-refractivity contribution in [2.75, 3.05) is 19.7 Å². The average Bonchev–Trinajstić information content (AvgIpc) is 3.35. The highest BCUT2D eigenvalue weighted by Gasteiger charge is 2.55. The van der Waals surface area contributed by atoms with Crippen LogP contribution in [0.3, 0.4) is 0 Å². The van der Waals surface area contributed by atoms with Crippen LogP contribution in [0.1, 0.15) is 60.0 Å². The fourth-order valence-electron chi connectivity index (χ4n) is 6.15. The van der Waals surface area contributed by atoms with E-state index in [1.807, 2.05) is 30.3 Å². The zero-order valence-electron chi connectivity index (χ0n) is 21.0. The maximum Gasteiger partial charge on any atom is 0.278 e.